The van der Waals surface area contributed by atoms with Gasteiger partial charge in [0.2, 0.25) is 0 Å². The Morgan fingerprint density at radius 3 is 2.89 bits per heavy atom. The van der Waals surface area contributed by atoms with Crippen LogP contribution in [0.4, 0.5) is 4.39 Å². The van der Waals surface area contributed by atoms with Crippen LogP contribution in [0.2, 0.25) is 0 Å². The first kappa shape index (κ1) is 10.8. The number of rotatable bonds is 0. The lowest BCUT2D eigenvalue weighted by molar-refractivity contribution is -0.0511. The fourth-order valence-electron chi connectivity index (χ4n) is 4.34. The predicted molar refractivity (Wildman–Crippen MR) is 64.8 cm³/mol. The van der Waals surface area contributed by atoms with Gasteiger partial charge in [-0.3, -0.25) is 0 Å². The summed E-state index contributed by atoms with van der Waals surface area (Å²) in [7, 11) is 0. The Morgan fingerprint density at radius 1 is 1.28 bits per heavy atom. The minimum Gasteiger partial charge on any atom is -0.486 e. The molecule has 1 heterocycles. The van der Waals surface area contributed by atoms with Gasteiger partial charge in [0.15, 0.2) is 0 Å². The molecule has 1 aliphatic heterocycles. The van der Waals surface area contributed by atoms with Crippen LogP contribution >= 0.6 is 0 Å². The second kappa shape index (κ2) is 3.47. The number of aliphatic hydroxyl groups is 1. The molecule has 4 rings (SSSR count). The Balaban J connectivity index is 1.75. The van der Waals surface area contributed by atoms with E-state index in [9.17, 15) is 9.50 Å². The van der Waals surface area contributed by atoms with E-state index in [1.165, 1.54) is 31.4 Å². The van der Waals surface area contributed by atoms with E-state index in [0.29, 0.717) is 18.1 Å². The summed E-state index contributed by atoms with van der Waals surface area (Å²) in [6.07, 6.45) is 4.91. The number of fused-ring (bicyclic) bond motifs is 4. The lowest BCUT2D eigenvalue weighted by atomic mass is 9.77. The van der Waals surface area contributed by atoms with Gasteiger partial charge in [-0.1, -0.05) is 0 Å². The van der Waals surface area contributed by atoms with Crippen LogP contribution in [0.3, 0.4) is 0 Å². The molecule has 2 saturated carbocycles. The molecule has 3 aliphatic rings. The number of hydrogen-bond acceptors (Lipinski definition) is 2. The van der Waals surface area contributed by atoms with Gasteiger partial charge in [-0.15, -0.1) is 0 Å². The van der Waals surface area contributed by atoms with Gasteiger partial charge in [0, 0.05) is 18.1 Å². The molecule has 1 spiro atoms. The van der Waals surface area contributed by atoms with Crippen LogP contribution < -0.4 is 4.74 Å². The highest BCUT2D eigenvalue weighted by atomic mass is 19.1. The summed E-state index contributed by atoms with van der Waals surface area (Å²) >= 11 is 0. The Hall–Kier alpha value is -1.09. The molecule has 96 valence electrons. The number of aliphatic hydroxyl groups excluding tert-OH is 1. The normalized spacial score (nSPS) is 40.9. The molecule has 1 aromatic carbocycles. The summed E-state index contributed by atoms with van der Waals surface area (Å²) in [4.78, 5) is 0. The Kier molecular flexibility index (Phi) is 2.08. The topological polar surface area (TPSA) is 29.5 Å². The van der Waals surface area contributed by atoms with Crippen LogP contribution in [-0.2, 0) is 0 Å². The molecule has 1 N–H and O–H groups in total. The van der Waals surface area contributed by atoms with Gasteiger partial charge < -0.3 is 9.84 Å². The first-order valence-electron chi connectivity index (χ1n) is 6.83. The van der Waals surface area contributed by atoms with E-state index in [1.54, 1.807) is 6.07 Å². The summed E-state index contributed by atoms with van der Waals surface area (Å²) in [5.41, 5.74) is 0.521. The van der Waals surface area contributed by atoms with Crippen molar-refractivity contribution in [1.29, 1.82) is 0 Å². The van der Waals surface area contributed by atoms with Gasteiger partial charge >= 0.3 is 0 Å². The lowest BCUT2D eigenvalue weighted by Gasteiger charge is -2.43. The van der Waals surface area contributed by atoms with Gasteiger partial charge in [0.25, 0.3) is 0 Å². The van der Waals surface area contributed by atoms with Gasteiger partial charge in [-0.05, 0) is 49.7 Å². The summed E-state index contributed by atoms with van der Waals surface area (Å²) in [5, 5.41) is 10.3. The highest BCUT2D eigenvalue weighted by Crippen LogP contribution is 2.57. The maximum atomic E-state index is 13.3. The smallest absolute Gasteiger partial charge is 0.128 e. The third-order valence-corrected chi connectivity index (χ3v) is 5.11. The highest BCUT2D eigenvalue weighted by Gasteiger charge is 2.55. The van der Waals surface area contributed by atoms with Crippen LogP contribution in [0.1, 0.15) is 43.8 Å². The summed E-state index contributed by atoms with van der Waals surface area (Å²) in [6, 6.07) is 4.46. The number of benzene rings is 1. The molecule has 3 unspecified atom stereocenters. The van der Waals surface area contributed by atoms with Gasteiger partial charge in [-0.2, -0.15) is 0 Å². The van der Waals surface area contributed by atoms with E-state index in [0.717, 1.165) is 17.9 Å². The van der Waals surface area contributed by atoms with Crippen molar-refractivity contribution in [2.45, 2.75) is 43.8 Å². The zero-order valence-corrected chi connectivity index (χ0v) is 10.2. The van der Waals surface area contributed by atoms with Crippen LogP contribution in [0, 0.1) is 17.7 Å². The van der Waals surface area contributed by atoms with Crippen LogP contribution in [0.25, 0.3) is 0 Å². The van der Waals surface area contributed by atoms with E-state index in [-0.39, 0.29) is 11.4 Å². The van der Waals surface area contributed by atoms with E-state index >= 15 is 0 Å². The summed E-state index contributed by atoms with van der Waals surface area (Å²) < 4.78 is 19.5. The van der Waals surface area contributed by atoms with Gasteiger partial charge in [-0.25, -0.2) is 4.39 Å². The fourth-order valence-corrected chi connectivity index (χ4v) is 4.34. The second-order valence-electron chi connectivity index (χ2n) is 6.15. The molecule has 0 saturated heterocycles. The van der Waals surface area contributed by atoms with Crippen LogP contribution in [-0.4, -0.2) is 10.7 Å². The summed E-state index contributed by atoms with van der Waals surface area (Å²) in [5.74, 6) is 1.56. The molecule has 2 bridgehead atoms. The average molecular weight is 248 g/mol. The second-order valence-corrected chi connectivity index (χ2v) is 6.15. The molecular formula is C15H17FO2. The molecule has 2 fully saturated rings. The van der Waals surface area contributed by atoms with Crippen molar-refractivity contribution >= 4 is 0 Å². The number of ether oxygens (including phenoxy) is 1. The van der Waals surface area contributed by atoms with Crippen molar-refractivity contribution < 1.29 is 14.2 Å². The standard InChI is InChI=1S/C15H17FO2/c16-11-3-4-12-13(17)8-15(18-14(12)6-11)7-9-1-2-10(15)5-9/h3-4,6,9-10,13,17H,1-2,5,7-8H2/t9?,10?,13-,15?/m0/s1. The molecule has 18 heavy (non-hydrogen) atoms. The molecule has 4 atom stereocenters. The third-order valence-electron chi connectivity index (χ3n) is 5.11. The predicted octanol–water partition coefficient (Wildman–Crippen LogP) is 3.20. The zero-order valence-electron chi connectivity index (χ0n) is 10.2. The maximum Gasteiger partial charge on any atom is 0.128 e. The van der Waals surface area contributed by atoms with Gasteiger partial charge in [0.1, 0.15) is 17.2 Å². The molecule has 2 aliphatic carbocycles. The molecule has 2 nitrogen and oxygen atoms in total. The highest BCUT2D eigenvalue weighted by molar-refractivity contribution is 5.39. The van der Waals surface area contributed by atoms with E-state index < -0.39 is 6.10 Å². The number of halogens is 1. The van der Waals surface area contributed by atoms with Crippen LogP contribution in [0.5, 0.6) is 5.75 Å². The lowest BCUT2D eigenvalue weighted by Crippen LogP contribution is -2.45. The Morgan fingerprint density at radius 2 is 2.17 bits per heavy atom. The molecule has 0 aromatic heterocycles. The quantitative estimate of drug-likeness (QED) is 0.764. The molecule has 0 radical (unpaired) electrons. The van der Waals surface area contributed by atoms with Gasteiger partial charge in [0.05, 0.1) is 6.10 Å². The summed E-state index contributed by atoms with van der Waals surface area (Å²) in [6.45, 7) is 0. The maximum absolute atomic E-state index is 13.3. The van der Waals surface area contributed by atoms with Crippen molar-refractivity contribution in [3.8, 4) is 5.75 Å². The van der Waals surface area contributed by atoms with Crippen molar-refractivity contribution in [2.75, 3.05) is 0 Å². The molecule has 1 aromatic rings. The first-order valence-corrected chi connectivity index (χ1v) is 6.83. The fraction of sp³-hybridized carbons (Fsp3) is 0.600. The molecule has 3 heteroatoms. The SMILES string of the molecule is O[C@H]1CC2(CC3CCC2C3)Oc2cc(F)ccc21. The number of hydrogen-bond donors (Lipinski definition) is 1. The molecule has 0 amide bonds. The third kappa shape index (κ3) is 1.37. The van der Waals surface area contributed by atoms with Crippen molar-refractivity contribution in [3.63, 3.8) is 0 Å². The Bertz CT molecular complexity index is 501. The minimum absolute atomic E-state index is 0.219. The first-order chi connectivity index (χ1) is 8.66. The van der Waals surface area contributed by atoms with E-state index in [2.05, 4.69) is 0 Å². The Labute approximate surface area is 106 Å². The monoisotopic (exact) mass is 248 g/mol. The largest absolute Gasteiger partial charge is 0.486 e. The van der Waals surface area contributed by atoms with Crippen molar-refractivity contribution in [3.05, 3.63) is 29.6 Å². The zero-order chi connectivity index (χ0) is 12.3. The molecular weight excluding hydrogens is 231 g/mol. The average Bonchev–Trinajstić information content (AvgIpc) is 2.88. The van der Waals surface area contributed by atoms with Crippen molar-refractivity contribution in [2.24, 2.45) is 11.8 Å². The van der Waals surface area contributed by atoms with Crippen molar-refractivity contribution in [1.82, 2.24) is 0 Å². The van der Waals surface area contributed by atoms with E-state index in [4.69, 9.17) is 4.74 Å². The van der Waals surface area contributed by atoms with Crippen LogP contribution in [0.15, 0.2) is 18.2 Å². The minimum atomic E-state index is -0.506. The van der Waals surface area contributed by atoms with E-state index in [1.807, 2.05) is 0 Å².